The van der Waals surface area contributed by atoms with Gasteiger partial charge in [-0.3, -0.25) is 9.59 Å². The quantitative estimate of drug-likeness (QED) is 0.627. The second kappa shape index (κ2) is 5.08. The van der Waals surface area contributed by atoms with E-state index in [9.17, 15) is 9.59 Å². The standard InChI is InChI=1S/C13H16N2O3/c1-15-7-6-11(13(15)17)18-12(16)8-9-4-2-3-5-10(9)14/h2-5,11H,6-8,14H2,1H3. The Kier molecular flexibility index (Phi) is 3.50. The Labute approximate surface area is 106 Å². The Bertz CT molecular complexity index is 473. The summed E-state index contributed by atoms with van der Waals surface area (Å²) in [6.07, 6.45) is 0.0262. The van der Waals surface area contributed by atoms with Gasteiger partial charge in [-0.25, -0.2) is 0 Å². The van der Waals surface area contributed by atoms with Crippen LogP contribution in [0, 0.1) is 0 Å². The van der Waals surface area contributed by atoms with E-state index < -0.39 is 12.1 Å². The van der Waals surface area contributed by atoms with Crippen LogP contribution in [0.15, 0.2) is 24.3 Å². The second-order valence-corrected chi connectivity index (χ2v) is 4.40. The molecule has 0 saturated carbocycles. The smallest absolute Gasteiger partial charge is 0.311 e. The summed E-state index contributed by atoms with van der Waals surface area (Å²) in [5.41, 5.74) is 7.03. The van der Waals surface area contributed by atoms with E-state index in [1.54, 1.807) is 30.1 Å². The average Bonchev–Trinajstić information content (AvgIpc) is 2.64. The maximum Gasteiger partial charge on any atom is 0.311 e. The molecule has 2 N–H and O–H groups in total. The van der Waals surface area contributed by atoms with Crippen molar-refractivity contribution in [3.05, 3.63) is 29.8 Å². The molecular formula is C13H16N2O3. The lowest BCUT2D eigenvalue weighted by molar-refractivity contribution is -0.155. The van der Waals surface area contributed by atoms with Crippen molar-refractivity contribution >= 4 is 17.6 Å². The number of para-hydroxylation sites is 1. The number of ether oxygens (including phenoxy) is 1. The van der Waals surface area contributed by atoms with E-state index in [1.165, 1.54) is 0 Å². The molecule has 1 aliphatic heterocycles. The van der Waals surface area contributed by atoms with Gasteiger partial charge >= 0.3 is 5.97 Å². The van der Waals surface area contributed by atoms with E-state index in [2.05, 4.69) is 0 Å². The van der Waals surface area contributed by atoms with E-state index in [0.717, 1.165) is 5.56 Å². The second-order valence-electron chi connectivity index (χ2n) is 4.40. The molecule has 0 spiro atoms. The number of nitrogens with zero attached hydrogens (tertiary/aromatic N) is 1. The highest BCUT2D eigenvalue weighted by atomic mass is 16.5. The van der Waals surface area contributed by atoms with Crippen molar-refractivity contribution in [3.63, 3.8) is 0 Å². The monoisotopic (exact) mass is 248 g/mol. The van der Waals surface area contributed by atoms with Crippen LogP contribution in [-0.2, 0) is 20.7 Å². The number of hydrogen-bond donors (Lipinski definition) is 1. The van der Waals surface area contributed by atoms with E-state index in [-0.39, 0.29) is 12.3 Å². The van der Waals surface area contributed by atoms with Crippen LogP contribution in [0.25, 0.3) is 0 Å². The zero-order chi connectivity index (χ0) is 13.1. The third-order valence-corrected chi connectivity index (χ3v) is 3.04. The van der Waals surface area contributed by atoms with Gasteiger partial charge in [-0.2, -0.15) is 0 Å². The maximum absolute atomic E-state index is 11.7. The number of carbonyl (C=O) groups excluding carboxylic acids is 2. The lowest BCUT2D eigenvalue weighted by Gasteiger charge is -2.12. The van der Waals surface area contributed by atoms with Crippen molar-refractivity contribution in [2.24, 2.45) is 0 Å². The predicted molar refractivity (Wildman–Crippen MR) is 66.7 cm³/mol. The highest BCUT2D eigenvalue weighted by molar-refractivity contribution is 5.86. The van der Waals surface area contributed by atoms with Gasteiger partial charge in [0.2, 0.25) is 0 Å². The molecule has 1 fully saturated rings. The first-order valence-electron chi connectivity index (χ1n) is 5.86. The van der Waals surface area contributed by atoms with Crippen molar-refractivity contribution < 1.29 is 14.3 Å². The molecule has 0 aromatic heterocycles. The molecule has 1 heterocycles. The summed E-state index contributed by atoms with van der Waals surface area (Å²) in [6.45, 7) is 0.629. The normalized spacial score (nSPS) is 19.1. The number of amides is 1. The minimum atomic E-state index is -0.632. The van der Waals surface area contributed by atoms with Gasteiger partial charge in [0, 0.05) is 25.7 Å². The summed E-state index contributed by atoms with van der Waals surface area (Å²) < 4.78 is 5.17. The molecule has 1 saturated heterocycles. The molecule has 1 amide bonds. The lowest BCUT2D eigenvalue weighted by atomic mass is 10.1. The van der Waals surface area contributed by atoms with Crippen LogP contribution in [0.2, 0.25) is 0 Å². The zero-order valence-electron chi connectivity index (χ0n) is 10.3. The van der Waals surface area contributed by atoms with E-state index in [1.807, 2.05) is 6.07 Å². The Morgan fingerprint density at radius 1 is 1.50 bits per heavy atom. The Morgan fingerprint density at radius 3 is 2.83 bits per heavy atom. The number of rotatable bonds is 3. The summed E-state index contributed by atoms with van der Waals surface area (Å²) in [7, 11) is 1.70. The number of hydrogen-bond acceptors (Lipinski definition) is 4. The van der Waals surface area contributed by atoms with Crippen LogP contribution in [0.4, 0.5) is 5.69 Å². The van der Waals surface area contributed by atoms with Crippen molar-refractivity contribution in [1.29, 1.82) is 0 Å². The fraction of sp³-hybridized carbons (Fsp3) is 0.385. The Morgan fingerprint density at radius 2 is 2.22 bits per heavy atom. The van der Waals surface area contributed by atoms with Crippen molar-refractivity contribution in [2.75, 3.05) is 19.3 Å². The molecule has 0 radical (unpaired) electrons. The number of likely N-dealkylation sites (tertiary alicyclic amines) is 1. The molecule has 1 aromatic rings. The third kappa shape index (κ3) is 2.61. The van der Waals surface area contributed by atoms with Crippen LogP contribution >= 0.6 is 0 Å². The average molecular weight is 248 g/mol. The van der Waals surface area contributed by atoms with Gasteiger partial charge in [-0.05, 0) is 11.6 Å². The van der Waals surface area contributed by atoms with Crippen LogP contribution in [-0.4, -0.2) is 36.5 Å². The van der Waals surface area contributed by atoms with Gasteiger partial charge in [0.15, 0.2) is 6.10 Å². The van der Waals surface area contributed by atoms with Gasteiger partial charge in [0.1, 0.15) is 0 Å². The summed E-state index contributed by atoms with van der Waals surface area (Å²) >= 11 is 0. The fourth-order valence-corrected chi connectivity index (χ4v) is 1.95. The number of likely N-dealkylation sites (N-methyl/N-ethyl adjacent to an activating group) is 1. The predicted octanol–water partition coefficient (Wildman–Crippen LogP) is 0.585. The molecule has 5 nitrogen and oxygen atoms in total. The number of benzene rings is 1. The van der Waals surface area contributed by atoms with Crippen LogP contribution < -0.4 is 5.73 Å². The lowest BCUT2D eigenvalue weighted by Crippen LogP contribution is -2.29. The molecule has 96 valence electrons. The first-order chi connectivity index (χ1) is 8.58. The Balaban J connectivity index is 1.94. The first kappa shape index (κ1) is 12.4. The first-order valence-corrected chi connectivity index (χ1v) is 5.86. The molecule has 2 rings (SSSR count). The zero-order valence-corrected chi connectivity index (χ0v) is 10.3. The van der Waals surface area contributed by atoms with Gasteiger partial charge in [-0.15, -0.1) is 0 Å². The third-order valence-electron chi connectivity index (χ3n) is 3.04. The number of nitrogens with two attached hydrogens (primary N) is 1. The van der Waals surface area contributed by atoms with E-state index in [0.29, 0.717) is 18.7 Å². The highest BCUT2D eigenvalue weighted by Crippen LogP contribution is 2.16. The highest BCUT2D eigenvalue weighted by Gasteiger charge is 2.32. The molecule has 0 aliphatic carbocycles. The summed E-state index contributed by atoms with van der Waals surface area (Å²) in [6, 6.07) is 7.13. The summed E-state index contributed by atoms with van der Waals surface area (Å²) in [4.78, 5) is 24.9. The topological polar surface area (TPSA) is 72.6 Å². The molecule has 0 bridgehead atoms. The number of nitrogen functional groups attached to an aromatic ring is 1. The van der Waals surface area contributed by atoms with Crippen LogP contribution in [0.3, 0.4) is 0 Å². The summed E-state index contributed by atoms with van der Waals surface area (Å²) in [5.74, 6) is -0.550. The van der Waals surface area contributed by atoms with Crippen molar-refractivity contribution in [2.45, 2.75) is 18.9 Å². The van der Waals surface area contributed by atoms with Gasteiger partial charge in [0.05, 0.1) is 6.42 Å². The van der Waals surface area contributed by atoms with E-state index >= 15 is 0 Å². The molecular weight excluding hydrogens is 232 g/mol. The van der Waals surface area contributed by atoms with Crippen molar-refractivity contribution in [1.82, 2.24) is 4.90 Å². The van der Waals surface area contributed by atoms with Gasteiger partial charge < -0.3 is 15.4 Å². The van der Waals surface area contributed by atoms with Crippen molar-refractivity contribution in [3.8, 4) is 0 Å². The Hall–Kier alpha value is -2.04. The number of esters is 1. The molecule has 5 heteroatoms. The van der Waals surface area contributed by atoms with Gasteiger partial charge in [0.25, 0.3) is 5.91 Å². The molecule has 18 heavy (non-hydrogen) atoms. The minimum absolute atomic E-state index is 0.0974. The van der Waals surface area contributed by atoms with E-state index in [4.69, 9.17) is 10.5 Å². The maximum atomic E-state index is 11.7. The minimum Gasteiger partial charge on any atom is -0.452 e. The largest absolute Gasteiger partial charge is 0.452 e. The van der Waals surface area contributed by atoms with Crippen LogP contribution in [0.5, 0.6) is 0 Å². The molecule has 1 aliphatic rings. The summed E-state index contributed by atoms with van der Waals surface area (Å²) in [5, 5.41) is 0. The molecule has 1 atom stereocenters. The number of carbonyl (C=O) groups is 2. The fourth-order valence-electron chi connectivity index (χ4n) is 1.95. The van der Waals surface area contributed by atoms with Gasteiger partial charge in [-0.1, -0.05) is 18.2 Å². The van der Waals surface area contributed by atoms with Crippen LogP contribution in [0.1, 0.15) is 12.0 Å². The SMILES string of the molecule is CN1CCC(OC(=O)Cc2ccccc2N)C1=O. The molecule has 1 unspecified atom stereocenters. The molecule has 1 aromatic carbocycles. The number of anilines is 1.